The largest absolute Gasteiger partial charge is 0.456 e. The summed E-state index contributed by atoms with van der Waals surface area (Å²) < 4.78 is 38.2. The van der Waals surface area contributed by atoms with Gasteiger partial charge in [-0.2, -0.15) is 0 Å². The van der Waals surface area contributed by atoms with Crippen LogP contribution in [-0.2, 0) is 28.4 Å². The first-order valence-corrected chi connectivity index (χ1v) is 15.5. The number of carbonyl (C=O) groups excluding carboxylic acids is 1. The number of benzene rings is 1. The molecular weight excluding hydrogens is 526 g/mol. The van der Waals surface area contributed by atoms with Crippen LogP contribution in [-0.4, -0.2) is 74.7 Å². The lowest BCUT2D eigenvalue weighted by molar-refractivity contribution is -0.331. The average Bonchev–Trinajstić information content (AvgIpc) is 2.98. The molecule has 3 rings (SSSR count). The van der Waals surface area contributed by atoms with E-state index in [1.165, 1.54) is 0 Å². The molecule has 8 atom stereocenters. The lowest BCUT2D eigenvalue weighted by Gasteiger charge is -2.47. The SMILES string of the molecule is CCCCOC1C(OC2C(N=[N+]=[N-])CCC[C@H]2OC(=O)c2ccccc2)OC(C)[C@@H](OCCCC)C1OCCCC. The van der Waals surface area contributed by atoms with E-state index in [2.05, 4.69) is 30.8 Å². The summed E-state index contributed by atoms with van der Waals surface area (Å²) >= 11 is 0. The third kappa shape index (κ3) is 9.94. The fourth-order valence-corrected chi connectivity index (χ4v) is 5.30. The maximum absolute atomic E-state index is 13.0. The Bertz CT molecular complexity index is 930. The van der Waals surface area contributed by atoms with Crippen LogP contribution in [0.5, 0.6) is 0 Å². The molecule has 1 aliphatic carbocycles. The van der Waals surface area contributed by atoms with Crippen LogP contribution in [0.3, 0.4) is 0 Å². The molecule has 1 aliphatic heterocycles. The molecule has 0 N–H and O–H groups in total. The van der Waals surface area contributed by atoms with E-state index in [0.717, 1.165) is 44.9 Å². The molecule has 1 aromatic rings. The summed E-state index contributed by atoms with van der Waals surface area (Å²) in [7, 11) is 0. The molecule has 1 heterocycles. The van der Waals surface area contributed by atoms with Crippen LogP contribution < -0.4 is 0 Å². The van der Waals surface area contributed by atoms with Gasteiger partial charge < -0.3 is 28.4 Å². The van der Waals surface area contributed by atoms with Gasteiger partial charge in [-0.05, 0) is 63.1 Å². The van der Waals surface area contributed by atoms with Crippen LogP contribution in [0.1, 0.15) is 95.8 Å². The summed E-state index contributed by atoms with van der Waals surface area (Å²) in [4.78, 5) is 16.1. The van der Waals surface area contributed by atoms with Gasteiger partial charge in [0.1, 0.15) is 30.5 Å². The zero-order chi connectivity index (χ0) is 29.5. The molecule has 1 saturated heterocycles. The summed E-state index contributed by atoms with van der Waals surface area (Å²) in [6.45, 7) is 10.0. The summed E-state index contributed by atoms with van der Waals surface area (Å²) in [5.74, 6) is -0.440. The third-order valence-corrected chi connectivity index (χ3v) is 7.65. The lowest BCUT2D eigenvalue weighted by Crippen LogP contribution is -2.62. The molecule has 0 radical (unpaired) electrons. The van der Waals surface area contributed by atoms with Gasteiger partial charge in [0.25, 0.3) is 0 Å². The van der Waals surface area contributed by atoms with Crippen LogP contribution >= 0.6 is 0 Å². The number of esters is 1. The Labute approximate surface area is 245 Å². The van der Waals surface area contributed by atoms with Gasteiger partial charge >= 0.3 is 5.97 Å². The molecule has 0 amide bonds. The molecule has 0 aromatic heterocycles. The van der Waals surface area contributed by atoms with E-state index in [4.69, 9.17) is 28.4 Å². The van der Waals surface area contributed by atoms with Crippen LogP contribution in [0.25, 0.3) is 10.4 Å². The number of carbonyl (C=O) groups is 1. The van der Waals surface area contributed by atoms with E-state index in [1.807, 2.05) is 13.0 Å². The van der Waals surface area contributed by atoms with Crippen molar-refractivity contribution in [1.29, 1.82) is 0 Å². The van der Waals surface area contributed by atoms with Crippen LogP contribution in [0.2, 0.25) is 0 Å². The van der Waals surface area contributed by atoms with E-state index in [-0.39, 0.29) is 12.2 Å². The Morgan fingerprint density at radius 3 is 2.12 bits per heavy atom. The Hall–Kier alpha value is -2.20. The van der Waals surface area contributed by atoms with Gasteiger partial charge in [0.15, 0.2) is 6.29 Å². The van der Waals surface area contributed by atoms with E-state index >= 15 is 0 Å². The summed E-state index contributed by atoms with van der Waals surface area (Å²) in [5.41, 5.74) is 9.78. The summed E-state index contributed by atoms with van der Waals surface area (Å²) in [6, 6.07) is 8.34. The highest BCUT2D eigenvalue weighted by Gasteiger charge is 2.49. The van der Waals surface area contributed by atoms with Gasteiger partial charge in [-0.25, -0.2) is 4.79 Å². The van der Waals surface area contributed by atoms with Crippen molar-refractivity contribution in [3.63, 3.8) is 0 Å². The Morgan fingerprint density at radius 2 is 1.51 bits per heavy atom. The first-order valence-electron chi connectivity index (χ1n) is 15.5. The molecular formula is C31H49N3O7. The zero-order valence-corrected chi connectivity index (χ0v) is 25.2. The molecule has 2 aliphatic rings. The third-order valence-electron chi connectivity index (χ3n) is 7.65. The minimum Gasteiger partial charge on any atom is -0.456 e. The molecule has 230 valence electrons. The van der Waals surface area contributed by atoms with E-state index in [0.29, 0.717) is 38.2 Å². The number of ether oxygens (including phenoxy) is 6. The predicted molar refractivity (Wildman–Crippen MR) is 156 cm³/mol. The molecule has 1 saturated carbocycles. The Balaban J connectivity index is 1.87. The number of rotatable bonds is 17. The second-order valence-electron chi connectivity index (χ2n) is 10.9. The maximum atomic E-state index is 13.0. The Morgan fingerprint density at radius 1 is 0.902 bits per heavy atom. The predicted octanol–water partition coefficient (Wildman–Crippen LogP) is 6.76. The molecule has 41 heavy (non-hydrogen) atoms. The van der Waals surface area contributed by atoms with Gasteiger partial charge in [0.05, 0.1) is 17.7 Å². The number of hydrogen-bond donors (Lipinski definition) is 0. The van der Waals surface area contributed by atoms with Gasteiger partial charge in [0, 0.05) is 24.7 Å². The summed E-state index contributed by atoms with van der Waals surface area (Å²) in [6.07, 6.45) is 3.93. The smallest absolute Gasteiger partial charge is 0.338 e. The van der Waals surface area contributed by atoms with Gasteiger partial charge in [-0.1, -0.05) is 63.3 Å². The van der Waals surface area contributed by atoms with Crippen LogP contribution in [0, 0.1) is 0 Å². The highest BCUT2D eigenvalue weighted by atomic mass is 16.7. The second-order valence-corrected chi connectivity index (χ2v) is 10.9. The molecule has 10 heteroatoms. The molecule has 1 aromatic carbocycles. The van der Waals surface area contributed by atoms with Crippen molar-refractivity contribution in [2.75, 3.05) is 19.8 Å². The fraction of sp³-hybridized carbons (Fsp3) is 0.774. The number of nitrogens with zero attached hydrogens (tertiary/aromatic N) is 3. The minimum atomic E-state index is -0.822. The van der Waals surface area contributed by atoms with E-state index in [9.17, 15) is 10.3 Å². The fourth-order valence-electron chi connectivity index (χ4n) is 5.30. The molecule has 6 unspecified atom stereocenters. The van der Waals surface area contributed by atoms with Crippen molar-refractivity contribution in [1.82, 2.24) is 0 Å². The molecule has 2 fully saturated rings. The molecule has 10 nitrogen and oxygen atoms in total. The van der Waals surface area contributed by atoms with Crippen molar-refractivity contribution in [2.45, 2.75) is 134 Å². The number of hydrogen-bond acceptors (Lipinski definition) is 8. The normalized spacial score (nSPS) is 30.0. The lowest BCUT2D eigenvalue weighted by atomic mass is 9.89. The standard InChI is InChI=1S/C31H49N3O7/c1-5-8-19-36-26-22(4)39-31(29(38-21-10-7-3)28(26)37-20-9-6-2)41-27-24(33-34-32)17-14-18-25(27)40-30(35)23-15-12-11-13-16-23/h11-13,15-16,22,24-29,31H,5-10,14,17-21H2,1-4H3/t22?,24?,25-,26-,27?,28?,29?,31?/m1/s1. The van der Waals surface area contributed by atoms with Crippen molar-refractivity contribution in [3.8, 4) is 0 Å². The highest BCUT2D eigenvalue weighted by molar-refractivity contribution is 5.89. The first-order chi connectivity index (χ1) is 20.0. The molecule has 0 bridgehead atoms. The van der Waals surface area contributed by atoms with Crippen molar-refractivity contribution >= 4 is 5.97 Å². The summed E-state index contributed by atoms with van der Waals surface area (Å²) in [5, 5.41) is 4.04. The monoisotopic (exact) mass is 575 g/mol. The molecule has 0 spiro atoms. The zero-order valence-electron chi connectivity index (χ0n) is 25.2. The van der Waals surface area contributed by atoms with Gasteiger partial charge in [-0.3, -0.25) is 0 Å². The minimum absolute atomic E-state index is 0.323. The van der Waals surface area contributed by atoms with Crippen molar-refractivity contribution in [2.24, 2.45) is 5.11 Å². The second kappa shape index (κ2) is 18.4. The van der Waals surface area contributed by atoms with Gasteiger partial charge in [-0.15, -0.1) is 0 Å². The first kappa shape index (κ1) is 33.3. The highest BCUT2D eigenvalue weighted by Crippen LogP contribution is 2.34. The van der Waals surface area contributed by atoms with Crippen LogP contribution in [0.15, 0.2) is 35.4 Å². The van der Waals surface area contributed by atoms with Crippen LogP contribution in [0.4, 0.5) is 0 Å². The topological polar surface area (TPSA) is 121 Å². The average molecular weight is 576 g/mol. The maximum Gasteiger partial charge on any atom is 0.338 e. The quantitative estimate of drug-likeness (QED) is 0.0661. The van der Waals surface area contributed by atoms with Crippen molar-refractivity contribution < 1.29 is 33.2 Å². The van der Waals surface area contributed by atoms with E-state index < -0.39 is 42.7 Å². The van der Waals surface area contributed by atoms with E-state index in [1.54, 1.807) is 24.3 Å². The van der Waals surface area contributed by atoms with Gasteiger partial charge in [0.2, 0.25) is 0 Å². The van der Waals surface area contributed by atoms with Crippen molar-refractivity contribution in [3.05, 3.63) is 46.3 Å². The number of azide groups is 1. The number of unbranched alkanes of at least 4 members (excludes halogenated alkanes) is 3. The Kier molecular flexibility index (Phi) is 14.9.